The summed E-state index contributed by atoms with van der Waals surface area (Å²) in [4.78, 5) is 67.1. The van der Waals surface area contributed by atoms with E-state index in [-0.39, 0.29) is 6.42 Å². The third kappa shape index (κ3) is 8.78. The molecule has 3 amide bonds. The molecule has 0 spiro atoms. The molecule has 0 saturated heterocycles. The Morgan fingerprint density at radius 1 is 1.03 bits per heavy atom. The number of carboxylic acids is 2. The molecule has 0 aliphatic heterocycles. The number of carbonyl (C=O) groups excluding carboxylic acids is 3. The second-order valence-electron chi connectivity index (χ2n) is 7.98. The zero-order chi connectivity index (χ0) is 26.0. The minimum atomic E-state index is -1.70. The molecule has 0 aliphatic carbocycles. The lowest BCUT2D eigenvalue weighted by molar-refractivity contribution is -0.147. The van der Waals surface area contributed by atoms with Crippen molar-refractivity contribution < 1.29 is 39.3 Å². The van der Waals surface area contributed by atoms with Gasteiger partial charge in [0.05, 0.1) is 18.9 Å². The van der Waals surface area contributed by atoms with Gasteiger partial charge in [0.25, 0.3) is 0 Å². The van der Waals surface area contributed by atoms with E-state index in [1.807, 2.05) is 0 Å². The number of carboxylic acid groups (broad SMARTS) is 2. The van der Waals surface area contributed by atoms with Crippen molar-refractivity contribution in [1.82, 2.24) is 25.9 Å². The van der Waals surface area contributed by atoms with Gasteiger partial charge in [-0.3, -0.25) is 19.2 Å². The summed E-state index contributed by atoms with van der Waals surface area (Å²) in [5.74, 6) is -5.89. The van der Waals surface area contributed by atoms with Gasteiger partial charge in [-0.15, -0.1) is 0 Å². The summed E-state index contributed by atoms with van der Waals surface area (Å²) in [7, 11) is 0. The maximum Gasteiger partial charge on any atom is 0.326 e. The van der Waals surface area contributed by atoms with Crippen molar-refractivity contribution in [1.29, 1.82) is 0 Å². The Kier molecular flexibility index (Phi) is 11.1. The van der Waals surface area contributed by atoms with Crippen LogP contribution in [-0.2, 0) is 30.4 Å². The molecular formula is C20H32N6O8. The zero-order valence-corrected chi connectivity index (χ0v) is 19.1. The maximum absolute atomic E-state index is 13.1. The molecule has 0 aliphatic rings. The lowest BCUT2D eigenvalue weighted by Crippen LogP contribution is -2.60. The van der Waals surface area contributed by atoms with Crippen molar-refractivity contribution in [2.24, 2.45) is 11.7 Å². The molecule has 6 atom stereocenters. The van der Waals surface area contributed by atoms with Gasteiger partial charge in [-0.1, -0.05) is 20.3 Å². The van der Waals surface area contributed by atoms with Crippen LogP contribution in [0, 0.1) is 5.92 Å². The van der Waals surface area contributed by atoms with Crippen LogP contribution < -0.4 is 21.7 Å². The highest BCUT2D eigenvalue weighted by atomic mass is 16.4. The van der Waals surface area contributed by atoms with E-state index in [0.29, 0.717) is 12.1 Å². The van der Waals surface area contributed by atoms with Gasteiger partial charge in [0, 0.05) is 18.3 Å². The number of carbonyl (C=O) groups is 5. The summed E-state index contributed by atoms with van der Waals surface area (Å²) in [5, 5.41) is 34.7. The molecule has 0 saturated carbocycles. The number of nitrogens with two attached hydrogens (primary N) is 1. The molecule has 0 radical (unpaired) electrons. The lowest BCUT2D eigenvalue weighted by atomic mass is 9.97. The van der Waals surface area contributed by atoms with Crippen molar-refractivity contribution >= 4 is 29.7 Å². The van der Waals surface area contributed by atoms with E-state index in [2.05, 4.69) is 25.9 Å². The Bertz CT molecular complexity index is 859. The number of rotatable bonds is 14. The SMILES string of the molecule is CCC(C)C(NC(=O)C(Cc1cnc[nH]1)NC(=O)C(N)C(C)O)C(=O)NC(CC(=O)O)C(=O)O. The molecular weight excluding hydrogens is 452 g/mol. The van der Waals surface area contributed by atoms with E-state index >= 15 is 0 Å². The largest absolute Gasteiger partial charge is 0.481 e. The number of aliphatic hydroxyl groups is 1. The van der Waals surface area contributed by atoms with Gasteiger partial charge in [-0.05, 0) is 12.8 Å². The van der Waals surface area contributed by atoms with Crippen LogP contribution in [0.4, 0.5) is 0 Å². The Balaban J connectivity index is 3.09. The van der Waals surface area contributed by atoms with E-state index in [1.165, 1.54) is 19.4 Å². The van der Waals surface area contributed by atoms with Crippen molar-refractivity contribution in [3.8, 4) is 0 Å². The fourth-order valence-corrected chi connectivity index (χ4v) is 2.90. The minimum Gasteiger partial charge on any atom is -0.481 e. The number of imidazole rings is 1. The number of aliphatic hydroxyl groups excluding tert-OH is 1. The van der Waals surface area contributed by atoms with Crippen molar-refractivity contribution in [3.63, 3.8) is 0 Å². The second kappa shape index (κ2) is 13.3. The Morgan fingerprint density at radius 3 is 2.12 bits per heavy atom. The first-order valence-electron chi connectivity index (χ1n) is 10.6. The fraction of sp³-hybridized carbons (Fsp3) is 0.600. The van der Waals surface area contributed by atoms with E-state index in [4.69, 9.17) is 10.8 Å². The highest BCUT2D eigenvalue weighted by molar-refractivity contribution is 5.95. The van der Waals surface area contributed by atoms with Crippen LogP contribution in [0.3, 0.4) is 0 Å². The summed E-state index contributed by atoms with van der Waals surface area (Å²) in [6.45, 7) is 4.70. The van der Waals surface area contributed by atoms with Crippen LogP contribution >= 0.6 is 0 Å². The Morgan fingerprint density at radius 2 is 1.65 bits per heavy atom. The van der Waals surface area contributed by atoms with Crippen molar-refractivity contribution in [2.45, 2.75) is 70.3 Å². The van der Waals surface area contributed by atoms with Gasteiger partial charge in [0.2, 0.25) is 17.7 Å². The van der Waals surface area contributed by atoms with Crippen LogP contribution in [0.2, 0.25) is 0 Å². The third-order valence-electron chi connectivity index (χ3n) is 5.22. The number of aromatic amines is 1. The maximum atomic E-state index is 13.1. The predicted molar refractivity (Wildman–Crippen MR) is 117 cm³/mol. The van der Waals surface area contributed by atoms with E-state index in [0.717, 1.165) is 0 Å². The van der Waals surface area contributed by atoms with Crippen molar-refractivity contribution in [2.75, 3.05) is 0 Å². The van der Waals surface area contributed by atoms with Crippen LogP contribution in [0.1, 0.15) is 39.3 Å². The molecule has 34 heavy (non-hydrogen) atoms. The van der Waals surface area contributed by atoms with Gasteiger partial charge in [-0.25, -0.2) is 9.78 Å². The summed E-state index contributed by atoms with van der Waals surface area (Å²) >= 11 is 0. The summed E-state index contributed by atoms with van der Waals surface area (Å²) in [6.07, 6.45) is 1.14. The number of nitrogens with zero attached hydrogens (tertiary/aromatic N) is 1. The molecule has 0 aromatic carbocycles. The first-order valence-corrected chi connectivity index (χ1v) is 10.6. The number of amides is 3. The standard InChI is InChI=1S/C20H32N6O8/c1-4-9(2)16(19(32)25-13(20(33)34)6-14(28)29)26-17(30)12(5-11-7-22-8-23-11)24-18(31)15(21)10(3)27/h7-10,12-13,15-16,27H,4-6,21H2,1-3H3,(H,22,23)(H,24,31)(H,25,32)(H,26,30)(H,28,29)(H,33,34). The summed E-state index contributed by atoms with van der Waals surface area (Å²) in [6, 6.07) is -5.44. The average molecular weight is 485 g/mol. The normalized spacial score (nSPS) is 16.3. The molecule has 1 heterocycles. The molecule has 1 rings (SSSR count). The number of H-pyrrole nitrogens is 1. The first-order chi connectivity index (χ1) is 15.9. The van der Waals surface area contributed by atoms with Crippen LogP contribution in [0.15, 0.2) is 12.5 Å². The smallest absolute Gasteiger partial charge is 0.326 e. The molecule has 0 bridgehead atoms. The highest BCUT2D eigenvalue weighted by Crippen LogP contribution is 2.10. The van der Waals surface area contributed by atoms with E-state index < -0.39 is 72.3 Å². The highest BCUT2D eigenvalue weighted by Gasteiger charge is 2.34. The van der Waals surface area contributed by atoms with Gasteiger partial charge >= 0.3 is 11.9 Å². The topological polar surface area (TPSA) is 237 Å². The van der Waals surface area contributed by atoms with Crippen LogP contribution in [-0.4, -0.2) is 85.2 Å². The molecule has 14 nitrogen and oxygen atoms in total. The van der Waals surface area contributed by atoms with Gasteiger partial charge < -0.3 is 42.0 Å². The molecule has 6 unspecified atom stereocenters. The van der Waals surface area contributed by atoms with E-state index in [9.17, 15) is 34.2 Å². The summed E-state index contributed by atoms with van der Waals surface area (Å²) in [5.41, 5.74) is 6.13. The van der Waals surface area contributed by atoms with Crippen LogP contribution in [0.5, 0.6) is 0 Å². The Hall–Kier alpha value is -3.52. The molecule has 0 fully saturated rings. The zero-order valence-electron chi connectivity index (χ0n) is 19.1. The number of aromatic nitrogens is 2. The van der Waals surface area contributed by atoms with E-state index in [1.54, 1.807) is 13.8 Å². The first kappa shape index (κ1) is 28.5. The van der Waals surface area contributed by atoms with Crippen molar-refractivity contribution in [3.05, 3.63) is 18.2 Å². The Labute approximate surface area is 195 Å². The third-order valence-corrected chi connectivity index (χ3v) is 5.22. The lowest BCUT2D eigenvalue weighted by Gasteiger charge is -2.28. The van der Waals surface area contributed by atoms with Gasteiger partial charge in [-0.2, -0.15) is 0 Å². The average Bonchev–Trinajstić information content (AvgIpc) is 3.27. The number of hydrogen-bond donors (Lipinski definition) is 8. The minimum absolute atomic E-state index is 0.0459. The number of aliphatic carboxylic acids is 2. The predicted octanol–water partition coefficient (Wildman–Crippen LogP) is -2.28. The molecule has 9 N–H and O–H groups in total. The van der Waals surface area contributed by atoms with Gasteiger partial charge in [0.1, 0.15) is 24.2 Å². The molecule has 1 aromatic rings. The molecule has 190 valence electrons. The number of nitrogens with one attached hydrogen (secondary N) is 4. The number of hydrogen-bond acceptors (Lipinski definition) is 8. The molecule has 14 heteroatoms. The quantitative estimate of drug-likeness (QED) is 0.141. The fourth-order valence-electron chi connectivity index (χ4n) is 2.90. The molecule has 1 aromatic heterocycles. The monoisotopic (exact) mass is 484 g/mol. The second-order valence-corrected chi connectivity index (χ2v) is 7.98. The van der Waals surface area contributed by atoms with Crippen LogP contribution in [0.25, 0.3) is 0 Å². The summed E-state index contributed by atoms with van der Waals surface area (Å²) < 4.78 is 0. The van der Waals surface area contributed by atoms with Gasteiger partial charge in [0.15, 0.2) is 0 Å².